The number of benzene rings is 1. The molecule has 3 aromatic rings. The fourth-order valence-electron chi connectivity index (χ4n) is 3.58. The molecule has 0 unspecified atom stereocenters. The predicted octanol–water partition coefficient (Wildman–Crippen LogP) is 3.29. The van der Waals surface area contributed by atoms with E-state index in [0.29, 0.717) is 11.6 Å². The van der Waals surface area contributed by atoms with Crippen LogP contribution in [0.5, 0.6) is 0 Å². The van der Waals surface area contributed by atoms with E-state index in [-0.39, 0.29) is 11.9 Å². The molecule has 0 aliphatic heterocycles. The van der Waals surface area contributed by atoms with Crippen LogP contribution in [-0.2, 0) is 0 Å². The van der Waals surface area contributed by atoms with E-state index in [4.69, 9.17) is 0 Å². The van der Waals surface area contributed by atoms with Crippen molar-refractivity contribution in [1.29, 1.82) is 0 Å². The maximum absolute atomic E-state index is 12.5. The third-order valence-corrected chi connectivity index (χ3v) is 5.07. The van der Waals surface area contributed by atoms with Crippen molar-refractivity contribution in [2.75, 3.05) is 0 Å². The molecule has 6 nitrogen and oxygen atoms in total. The van der Waals surface area contributed by atoms with Gasteiger partial charge in [0.25, 0.3) is 5.91 Å². The van der Waals surface area contributed by atoms with Crippen LogP contribution in [0.2, 0.25) is 0 Å². The van der Waals surface area contributed by atoms with E-state index in [0.717, 1.165) is 31.4 Å². The molecule has 2 heterocycles. The molecule has 26 heavy (non-hydrogen) atoms. The summed E-state index contributed by atoms with van der Waals surface area (Å²) < 4.78 is 3.99. The third-order valence-electron chi connectivity index (χ3n) is 5.07. The highest BCUT2D eigenvalue weighted by Crippen LogP contribution is 2.28. The van der Waals surface area contributed by atoms with Crippen LogP contribution in [0.25, 0.3) is 5.69 Å². The third kappa shape index (κ3) is 3.54. The average Bonchev–Trinajstić information content (AvgIpc) is 3.34. The van der Waals surface area contributed by atoms with Gasteiger partial charge >= 0.3 is 0 Å². The van der Waals surface area contributed by atoms with Gasteiger partial charge in [0.05, 0.1) is 18.6 Å². The van der Waals surface area contributed by atoms with Gasteiger partial charge in [0.2, 0.25) is 0 Å². The summed E-state index contributed by atoms with van der Waals surface area (Å²) in [4.78, 5) is 16.6. The van der Waals surface area contributed by atoms with Gasteiger partial charge < -0.3 is 9.88 Å². The normalized spacial score (nSPS) is 20.0. The molecule has 0 bridgehead atoms. The van der Waals surface area contributed by atoms with Gasteiger partial charge in [-0.25, -0.2) is 4.98 Å². The number of nitrogens with one attached hydrogen (secondary N) is 1. The van der Waals surface area contributed by atoms with Crippen molar-refractivity contribution in [2.24, 2.45) is 0 Å². The minimum atomic E-state index is 0.000523. The van der Waals surface area contributed by atoms with Crippen LogP contribution in [0.1, 0.15) is 47.6 Å². The summed E-state index contributed by atoms with van der Waals surface area (Å²) >= 11 is 0. The van der Waals surface area contributed by atoms with Crippen LogP contribution in [0.15, 0.2) is 55.4 Å². The molecule has 6 heteroatoms. The Bertz CT molecular complexity index is 858. The Morgan fingerprint density at radius 3 is 2.54 bits per heavy atom. The molecular formula is C20H23N5O. The predicted molar refractivity (Wildman–Crippen MR) is 99.3 cm³/mol. The Labute approximate surface area is 152 Å². The van der Waals surface area contributed by atoms with Crippen LogP contribution in [0.3, 0.4) is 0 Å². The molecule has 1 aliphatic rings. The van der Waals surface area contributed by atoms with Crippen molar-refractivity contribution in [3.05, 3.63) is 66.5 Å². The van der Waals surface area contributed by atoms with Gasteiger partial charge in [-0.05, 0) is 62.4 Å². The summed E-state index contributed by atoms with van der Waals surface area (Å²) in [5.74, 6) is 0.000523. The first-order valence-corrected chi connectivity index (χ1v) is 9.09. The molecule has 2 aromatic heterocycles. The fourth-order valence-corrected chi connectivity index (χ4v) is 3.58. The maximum Gasteiger partial charge on any atom is 0.251 e. The van der Waals surface area contributed by atoms with E-state index in [1.165, 1.54) is 5.56 Å². The van der Waals surface area contributed by atoms with Crippen molar-refractivity contribution in [3.8, 4) is 5.69 Å². The Kier molecular flexibility index (Phi) is 4.56. The van der Waals surface area contributed by atoms with Gasteiger partial charge in [-0.15, -0.1) is 0 Å². The molecule has 134 valence electrons. The average molecular weight is 349 g/mol. The zero-order valence-electron chi connectivity index (χ0n) is 14.9. The lowest BCUT2D eigenvalue weighted by atomic mass is 9.91. The van der Waals surface area contributed by atoms with Gasteiger partial charge in [0.15, 0.2) is 0 Å². The van der Waals surface area contributed by atoms with E-state index in [1.807, 2.05) is 41.2 Å². The lowest BCUT2D eigenvalue weighted by molar-refractivity contribution is 0.0921. The number of amides is 1. The van der Waals surface area contributed by atoms with Crippen molar-refractivity contribution < 1.29 is 4.79 Å². The summed E-state index contributed by atoms with van der Waals surface area (Å²) in [6.07, 6.45) is 13.4. The first-order chi connectivity index (χ1) is 12.7. The number of hydrogen-bond acceptors (Lipinski definition) is 3. The molecule has 1 aromatic carbocycles. The highest BCUT2D eigenvalue weighted by molar-refractivity contribution is 5.94. The van der Waals surface area contributed by atoms with E-state index in [1.54, 1.807) is 12.5 Å². The fraction of sp³-hybridized carbons (Fsp3) is 0.350. The second kappa shape index (κ2) is 7.15. The Hall–Kier alpha value is -2.89. The van der Waals surface area contributed by atoms with Crippen LogP contribution >= 0.6 is 0 Å². The standard InChI is InChI=1S/C20H23N5O/c1-15-12-22-25(13-15)19-8-4-17(5-9-19)23-20(26)16-2-6-18(7-3-16)24-11-10-21-14-24/h2-3,6-7,10-14,17,19H,4-5,8-9H2,1H3,(H,23,26). The quantitative estimate of drug-likeness (QED) is 0.786. The lowest BCUT2D eigenvalue weighted by Crippen LogP contribution is -2.38. The van der Waals surface area contributed by atoms with Gasteiger partial charge in [0, 0.05) is 35.9 Å². The van der Waals surface area contributed by atoms with Crippen LogP contribution < -0.4 is 5.32 Å². The van der Waals surface area contributed by atoms with Crippen molar-refractivity contribution in [2.45, 2.75) is 44.7 Å². The molecule has 1 amide bonds. The van der Waals surface area contributed by atoms with Crippen LogP contribution in [0, 0.1) is 6.92 Å². The SMILES string of the molecule is Cc1cnn(C2CCC(NC(=O)c3ccc(-n4ccnc4)cc3)CC2)c1. The highest BCUT2D eigenvalue weighted by Gasteiger charge is 2.24. The zero-order valence-corrected chi connectivity index (χ0v) is 14.9. The number of aromatic nitrogens is 4. The first-order valence-electron chi connectivity index (χ1n) is 9.09. The highest BCUT2D eigenvalue weighted by atomic mass is 16.1. The van der Waals surface area contributed by atoms with Crippen molar-refractivity contribution in [3.63, 3.8) is 0 Å². The summed E-state index contributed by atoms with van der Waals surface area (Å²) in [5, 5.41) is 7.60. The minimum absolute atomic E-state index is 0.000523. The Balaban J connectivity index is 1.32. The summed E-state index contributed by atoms with van der Waals surface area (Å²) in [6, 6.07) is 8.29. The Morgan fingerprint density at radius 2 is 1.92 bits per heavy atom. The Morgan fingerprint density at radius 1 is 1.15 bits per heavy atom. The number of rotatable bonds is 4. The van der Waals surface area contributed by atoms with Crippen LogP contribution in [0.4, 0.5) is 0 Å². The van der Waals surface area contributed by atoms with Crippen molar-refractivity contribution >= 4 is 5.91 Å². The molecular weight excluding hydrogens is 326 g/mol. The molecule has 0 atom stereocenters. The maximum atomic E-state index is 12.5. The second-order valence-corrected chi connectivity index (χ2v) is 6.99. The van der Waals surface area contributed by atoms with Gasteiger partial charge in [0.1, 0.15) is 0 Å². The van der Waals surface area contributed by atoms with Crippen LogP contribution in [-0.4, -0.2) is 31.3 Å². The summed E-state index contributed by atoms with van der Waals surface area (Å²) in [5.41, 5.74) is 2.88. The lowest BCUT2D eigenvalue weighted by Gasteiger charge is -2.29. The molecule has 0 radical (unpaired) electrons. The van der Waals surface area contributed by atoms with Gasteiger partial charge in [-0.3, -0.25) is 9.48 Å². The molecule has 1 fully saturated rings. The van der Waals surface area contributed by atoms with E-state index in [9.17, 15) is 4.79 Å². The molecule has 1 N–H and O–H groups in total. The largest absolute Gasteiger partial charge is 0.349 e. The number of carbonyl (C=O) groups is 1. The number of aryl methyl sites for hydroxylation is 1. The monoisotopic (exact) mass is 349 g/mol. The smallest absolute Gasteiger partial charge is 0.251 e. The molecule has 4 rings (SSSR count). The summed E-state index contributed by atoms with van der Waals surface area (Å²) in [7, 11) is 0. The second-order valence-electron chi connectivity index (χ2n) is 6.99. The van der Waals surface area contributed by atoms with Crippen molar-refractivity contribution in [1.82, 2.24) is 24.6 Å². The van der Waals surface area contributed by atoms with E-state index >= 15 is 0 Å². The minimum Gasteiger partial charge on any atom is -0.349 e. The number of carbonyl (C=O) groups excluding carboxylic acids is 1. The zero-order chi connectivity index (χ0) is 17.9. The molecule has 0 saturated heterocycles. The molecule has 1 aliphatic carbocycles. The molecule has 1 saturated carbocycles. The van der Waals surface area contributed by atoms with E-state index in [2.05, 4.69) is 33.2 Å². The first kappa shape index (κ1) is 16.6. The number of nitrogens with zero attached hydrogens (tertiary/aromatic N) is 4. The van der Waals surface area contributed by atoms with E-state index < -0.39 is 0 Å². The molecule has 0 spiro atoms. The summed E-state index contributed by atoms with van der Waals surface area (Å²) in [6.45, 7) is 2.06. The van der Waals surface area contributed by atoms with Gasteiger partial charge in [-0.1, -0.05) is 0 Å². The number of imidazole rings is 1. The number of hydrogen-bond donors (Lipinski definition) is 1. The van der Waals surface area contributed by atoms with Gasteiger partial charge in [-0.2, -0.15) is 5.10 Å². The topological polar surface area (TPSA) is 64.7 Å².